The van der Waals surface area contributed by atoms with Crippen LogP contribution in [0.4, 0.5) is 0 Å². The topological polar surface area (TPSA) is 26.3 Å². The van der Waals surface area contributed by atoms with Crippen LogP contribution in [0, 0.1) is 12.8 Å². The van der Waals surface area contributed by atoms with E-state index in [1.165, 1.54) is 29.5 Å². The zero-order valence-corrected chi connectivity index (χ0v) is 14.1. The van der Waals surface area contributed by atoms with Gasteiger partial charge in [0.1, 0.15) is 5.75 Å². The number of halogens is 1. The maximum absolute atomic E-state index is 12.6. The number of hydrogen-bond acceptors (Lipinski definition) is 2. The van der Waals surface area contributed by atoms with Crippen molar-refractivity contribution in [2.75, 3.05) is 0 Å². The third-order valence-electron chi connectivity index (χ3n) is 6.19. The van der Waals surface area contributed by atoms with Crippen molar-refractivity contribution in [3.8, 4) is 5.75 Å². The second-order valence-corrected chi connectivity index (χ2v) is 8.80. The van der Waals surface area contributed by atoms with E-state index >= 15 is 0 Å². The first-order chi connectivity index (χ1) is 10.1. The molecule has 0 unspecified atom stereocenters. The molecule has 0 amide bonds. The summed E-state index contributed by atoms with van der Waals surface area (Å²) in [5, 5.41) is 0. The van der Waals surface area contributed by atoms with Crippen LogP contribution in [0.25, 0.3) is 0 Å². The van der Waals surface area contributed by atoms with Gasteiger partial charge >= 0.3 is 0 Å². The first kappa shape index (κ1) is 12.7. The average Bonchev–Trinajstić information content (AvgIpc) is 2.80. The number of allylic oxidation sites excluding steroid dienone is 1. The lowest BCUT2D eigenvalue weighted by Gasteiger charge is -2.57. The highest BCUT2D eigenvalue weighted by molar-refractivity contribution is 14.1. The van der Waals surface area contributed by atoms with E-state index in [1.807, 2.05) is 0 Å². The van der Waals surface area contributed by atoms with Gasteiger partial charge in [-0.1, -0.05) is 47.2 Å². The Morgan fingerprint density at radius 3 is 3.10 bits per heavy atom. The van der Waals surface area contributed by atoms with Gasteiger partial charge in [-0.3, -0.25) is 4.79 Å². The van der Waals surface area contributed by atoms with Crippen LogP contribution in [0.3, 0.4) is 0 Å². The monoisotopic (exact) mass is 392 g/mol. The molecule has 4 aliphatic rings. The Balaban J connectivity index is 1.93. The second-order valence-electron chi connectivity index (χ2n) is 7.01. The van der Waals surface area contributed by atoms with Crippen LogP contribution in [0.2, 0.25) is 0 Å². The summed E-state index contributed by atoms with van der Waals surface area (Å²) in [6.45, 7) is 2.10. The Morgan fingerprint density at radius 2 is 2.24 bits per heavy atom. The van der Waals surface area contributed by atoms with Gasteiger partial charge in [-0.05, 0) is 49.3 Å². The molecule has 2 nitrogen and oxygen atoms in total. The van der Waals surface area contributed by atoms with E-state index < -0.39 is 0 Å². The summed E-state index contributed by atoms with van der Waals surface area (Å²) in [5.74, 6) is 1.80. The molecule has 3 aliphatic carbocycles. The molecular weight excluding hydrogens is 375 g/mol. The lowest BCUT2D eigenvalue weighted by molar-refractivity contribution is -0.125. The predicted octanol–water partition coefficient (Wildman–Crippen LogP) is 3.66. The smallest absolute Gasteiger partial charge is 0.196 e. The molecule has 1 aliphatic heterocycles. The lowest BCUT2D eigenvalue weighted by atomic mass is 9.50. The van der Waals surface area contributed by atoms with Gasteiger partial charge in [0.25, 0.3) is 0 Å². The fourth-order valence-electron chi connectivity index (χ4n) is 5.32. The van der Waals surface area contributed by atoms with Gasteiger partial charge in [0.05, 0.1) is 8.84 Å². The minimum absolute atomic E-state index is 0.0492. The van der Waals surface area contributed by atoms with Gasteiger partial charge in [-0.15, -0.1) is 0 Å². The maximum Gasteiger partial charge on any atom is 0.196 e. The largest absolute Gasteiger partial charge is 0.481 e. The minimum atomic E-state index is -0.294. The number of hydrogen-bond donors (Lipinski definition) is 0. The molecule has 5 rings (SSSR count). The molecule has 1 saturated carbocycles. The Labute approximate surface area is 138 Å². The van der Waals surface area contributed by atoms with Crippen molar-refractivity contribution in [2.45, 2.75) is 47.5 Å². The third kappa shape index (κ3) is 1.21. The molecule has 2 bridgehead atoms. The summed E-state index contributed by atoms with van der Waals surface area (Å²) >= 11 is 2.65. The summed E-state index contributed by atoms with van der Waals surface area (Å²) in [5.41, 5.74) is 3.86. The van der Waals surface area contributed by atoms with Crippen LogP contribution in [0.1, 0.15) is 36.0 Å². The highest BCUT2D eigenvalue weighted by atomic mass is 127. The molecule has 1 heterocycles. The van der Waals surface area contributed by atoms with Crippen molar-refractivity contribution < 1.29 is 9.53 Å². The molecule has 108 valence electrons. The molecule has 0 saturated heterocycles. The van der Waals surface area contributed by atoms with Crippen molar-refractivity contribution in [1.82, 2.24) is 0 Å². The molecule has 4 atom stereocenters. The van der Waals surface area contributed by atoms with E-state index in [0.717, 1.165) is 18.6 Å². The fraction of sp³-hybridized carbons (Fsp3) is 0.500. The number of carbonyl (C=O) groups is 1. The summed E-state index contributed by atoms with van der Waals surface area (Å²) in [6.07, 6.45) is 8.39. The van der Waals surface area contributed by atoms with Crippen LogP contribution >= 0.6 is 22.6 Å². The van der Waals surface area contributed by atoms with Gasteiger partial charge in [-0.25, -0.2) is 0 Å². The SMILES string of the molecule is Cc1ccc2c3c1O[C@H]1C(=O)C=C[C@@]4(I)[C@H](CCC[C@]314)C2. The highest BCUT2D eigenvalue weighted by Gasteiger charge is 2.69. The lowest BCUT2D eigenvalue weighted by Crippen LogP contribution is -2.65. The summed E-state index contributed by atoms with van der Waals surface area (Å²) in [4.78, 5) is 12.6. The molecule has 1 fully saturated rings. The molecular formula is C18H17IO2. The van der Waals surface area contributed by atoms with E-state index in [-0.39, 0.29) is 20.7 Å². The summed E-state index contributed by atoms with van der Waals surface area (Å²) in [7, 11) is 0. The van der Waals surface area contributed by atoms with Crippen molar-refractivity contribution in [2.24, 2.45) is 5.92 Å². The first-order valence-corrected chi connectivity index (χ1v) is 8.87. The van der Waals surface area contributed by atoms with Crippen molar-refractivity contribution in [1.29, 1.82) is 0 Å². The molecule has 0 radical (unpaired) electrons. The number of aryl methyl sites for hydroxylation is 1. The summed E-state index contributed by atoms with van der Waals surface area (Å²) in [6, 6.07) is 4.44. The minimum Gasteiger partial charge on any atom is -0.481 e. The Morgan fingerprint density at radius 1 is 1.38 bits per heavy atom. The average molecular weight is 392 g/mol. The molecule has 1 spiro atoms. The van der Waals surface area contributed by atoms with Gasteiger partial charge in [0, 0.05) is 5.56 Å². The van der Waals surface area contributed by atoms with Crippen LogP contribution in [0.15, 0.2) is 24.3 Å². The normalized spacial score (nSPS) is 41.7. The number of alkyl halides is 1. The molecule has 21 heavy (non-hydrogen) atoms. The number of benzene rings is 1. The third-order valence-corrected chi connectivity index (χ3v) is 8.39. The molecule has 0 aromatic heterocycles. The van der Waals surface area contributed by atoms with Crippen molar-refractivity contribution in [3.05, 3.63) is 41.0 Å². The standard InChI is InChI=1S/C18H17IO2/c1-10-4-5-11-9-12-3-2-7-17-14(11)15(10)21-16(17)13(20)6-8-18(12,17)19/h4-6,8,12,16H,2-3,7,9H2,1H3/t12-,16+,17+,18-/m1/s1. The van der Waals surface area contributed by atoms with E-state index in [9.17, 15) is 4.79 Å². The zero-order chi connectivity index (χ0) is 14.4. The number of ketones is 1. The van der Waals surface area contributed by atoms with E-state index in [1.54, 1.807) is 6.08 Å². The number of carbonyl (C=O) groups excluding carboxylic acids is 1. The number of rotatable bonds is 0. The van der Waals surface area contributed by atoms with Gasteiger partial charge in [0.15, 0.2) is 11.9 Å². The summed E-state index contributed by atoms with van der Waals surface area (Å²) < 4.78 is 6.33. The quantitative estimate of drug-likeness (QED) is 0.498. The van der Waals surface area contributed by atoms with E-state index in [4.69, 9.17) is 4.74 Å². The maximum atomic E-state index is 12.6. The van der Waals surface area contributed by atoms with E-state index in [2.05, 4.69) is 47.7 Å². The predicted molar refractivity (Wildman–Crippen MR) is 89.2 cm³/mol. The molecule has 1 aromatic carbocycles. The second kappa shape index (κ2) is 3.73. The number of ether oxygens (including phenoxy) is 1. The molecule has 0 N–H and O–H groups in total. The molecule has 3 heteroatoms. The zero-order valence-electron chi connectivity index (χ0n) is 12.0. The highest BCUT2D eigenvalue weighted by Crippen LogP contribution is 2.67. The molecule has 1 aromatic rings. The van der Waals surface area contributed by atoms with Crippen LogP contribution in [-0.2, 0) is 16.6 Å². The van der Waals surface area contributed by atoms with E-state index in [0.29, 0.717) is 5.92 Å². The van der Waals surface area contributed by atoms with Crippen LogP contribution < -0.4 is 4.74 Å². The van der Waals surface area contributed by atoms with Crippen molar-refractivity contribution >= 4 is 28.4 Å². The Kier molecular flexibility index (Phi) is 2.25. The Bertz CT molecular complexity index is 722. The van der Waals surface area contributed by atoms with Crippen LogP contribution in [-0.4, -0.2) is 15.3 Å². The first-order valence-electron chi connectivity index (χ1n) is 7.79. The van der Waals surface area contributed by atoms with Crippen LogP contribution in [0.5, 0.6) is 5.75 Å². The Hall–Kier alpha value is -0.840. The fourth-order valence-corrected chi connectivity index (χ4v) is 6.86. The van der Waals surface area contributed by atoms with Crippen molar-refractivity contribution in [3.63, 3.8) is 0 Å². The van der Waals surface area contributed by atoms with Gasteiger partial charge in [0.2, 0.25) is 0 Å². The van der Waals surface area contributed by atoms with Gasteiger partial charge in [-0.2, -0.15) is 0 Å². The van der Waals surface area contributed by atoms with Gasteiger partial charge < -0.3 is 4.74 Å².